The fourth-order valence-electron chi connectivity index (χ4n) is 2.17. The van der Waals surface area contributed by atoms with Crippen molar-refractivity contribution in [3.05, 3.63) is 54.6 Å². The zero-order valence-electron chi connectivity index (χ0n) is 13.9. The maximum atomic E-state index is 12.1. The molecule has 0 saturated heterocycles. The molecule has 3 aromatic rings. The number of anilines is 2. The predicted octanol–water partition coefficient (Wildman–Crippen LogP) is 3.43. The first-order chi connectivity index (χ1) is 12.6. The first-order valence-electron chi connectivity index (χ1n) is 7.79. The molecule has 7 nitrogen and oxygen atoms in total. The van der Waals surface area contributed by atoms with Gasteiger partial charge in [0.2, 0.25) is 17.7 Å². The molecule has 0 bridgehead atoms. The van der Waals surface area contributed by atoms with Crippen LogP contribution >= 0.6 is 11.8 Å². The Morgan fingerprint density at radius 1 is 1.00 bits per heavy atom. The minimum Gasteiger partial charge on any atom is -0.411 e. The summed E-state index contributed by atoms with van der Waals surface area (Å²) in [7, 11) is 0. The van der Waals surface area contributed by atoms with E-state index in [1.807, 2.05) is 30.3 Å². The number of rotatable bonds is 6. The largest absolute Gasteiger partial charge is 0.411 e. The van der Waals surface area contributed by atoms with Crippen LogP contribution in [0, 0.1) is 0 Å². The number of nitrogens with one attached hydrogen (secondary N) is 2. The van der Waals surface area contributed by atoms with Gasteiger partial charge in [-0.25, -0.2) is 0 Å². The molecule has 8 heteroatoms. The Bertz CT molecular complexity index is 912. The number of nitrogens with zero attached hydrogens (tertiary/aromatic N) is 2. The van der Waals surface area contributed by atoms with E-state index in [9.17, 15) is 9.59 Å². The highest BCUT2D eigenvalue weighted by Gasteiger charge is 2.11. The Morgan fingerprint density at radius 2 is 1.73 bits per heavy atom. The van der Waals surface area contributed by atoms with Crippen LogP contribution in [-0.4, -0.2) is 27.8 Å². The van der Waals surface area contributed by atoms with Gasteiger partial charge in [-0.3, -0.25) is 9.59 Å². The standard InChI is InChI=1S/C18H16N4O3S/c1-12(23)19-14-8-5-9-15(10-14)20-16(24)11-26-18-22-21-17(25-18)13-6-3-2-4-7-13/h2-10H,11H2,1H3,(H,19,23)(H,20,24). The number of carbonyl (C=O) groups excluding carboxylic acids is 2. The molecule has 26 heavy (non-hydrogen) atoms. The van der Waals surface area contributed by atoms with Crippen molar-refractivity contribution in [2.45, 2.75) is 12.1 Å². The molecule has 0 aliphatic rings. The number of benzene rings is 2. The highest BCUT2D eigenvalue weighted by Crippen LogP contribution is 2.23. The second-order valence-electron chi connectivity index (χ2n) is 5.34. The average Bonchev–Trinajstić information content (AvgIpc) is 3.09. The Morgan fingerprint density at radius 3 is 2.46 bits per heavy atom. The van der Waals surface area contributed by atoms with Crippen LogP contribution in [0.3, 0.4) is 0 Å². The Labute approximate surface area is 154 Å². The molecule has 2 aromatic carbocycles. The summed E-state index contributed by atoms with van der Waals surface area (Å²) in [4.78, 5) is 23.2. The summed E-state index contributed by atoms with van der Waals surface area (Å²) in [6, 6.07) is 16.3. The molecule has 132 valence electrons. The molecule has 0 fully saturated rings. The van der Waals surface area contributed by atoms with Gasteiger partial charge in [0.05, 0.1) is 5.75 Å². The lowest BCUT2D eigenvalue weighted by Crippen LogP contribution is -2.14. The summed E-state index contributed by atoms with van der Waals surface area (Å²) in [6.07, 6.45) is 0. The molecule has 1 heterocycles. The highest BCUT2D eigenvalue weighted by atomic mass is 32.2. The quantitative estimate of drug-likeness (QED) is 0.647. The van der Waals surface area contributed by atoms with Gasteiger partial charge in [0.25, 0.3) is 5.22 Å². The van der Waals surface area contributed by atoms with E-state index in [2.05, 4.69) is 20.8 Å². The Hall–Kier alpha value is -3.13. The lowest BCUT2D eigenvalue weighted by Gasteiger charge is -2.07. The van der Waals surface area contributed by atoms with Crippen molar-refractivity contribution in [3.8, 4) is 11.5 Å². The van der Waals surface area contributed by atoms with E-state index in [0.29, 0.717) is 22.5 Å². The molecular formula is C18H16N4O3S. The number of thioether (sulfide) groups is 1. The average molecular weight is 368 g/mol. The van der Waals surface area contributed by atoms with E-state index in [0.717, 1.165) is 17.3 Å². The summed E-state index contributed by atoms with van der Waals surface area (Å²) in [5, 5.41) is 13.7. The monoisotopic (exact) mass is 368 g/mol. The third kappa shape index (κ3) is 4.93. The minimum atomic E-state index is -0.213. The van der Waals surface area contributed by atoms with Crippen LogP contribution in [0.4, 0.5) is 11.4 Å². The fraction of sp³-hybridized carbons (Fsp3) is 0.111. The second kappa shape index (κ2) is 8.30. The van der Waals surface area contributed by atoms with Gasteiger partial charge >= 0.3 is 0 Å². The molecule has 0 saturated carbocycles. The fourth-order valence-corrected chi connectivity index (χ4v) is 2.73. The number of aromatic nitrogens is 2. The zero-order chi connectivity index (χ0) is 18.4. The number of carbonyl (C=O) groups is 2. The maximum Gasteiger partial charge on any atom is 0.277 e. The van der Waals surface area contributed by atoms with Crippen LogP contribution in [-0.2, 0) is 9.59 Å². The molecule has 0 spiro atoms. The van der Waals surface area contributed by atoms with Crippen molar-refractivity contribution in [2.24, 2.45) is 0 Å². The second-order valence-corrected chi connectivity index (χ2v) is 6.26. The van der Waals surface area contributed by atoms with Gasteiger partial charge in [-0.15, -0.1) is 10.2 Å². The van der Waals surface area contributed by atoms with Crippen molar-refractivity contribution in [1.82, 2.24) is 10.2 Å². The van der Waals surface area contributed by atoms with E-state index in [4.69, 9.17) is 4.42 Å². The summed E-state index contributed by atoms with van der Waals surface area (Å²) < 4.78 is 5.55. The lowest BCUT2D eigenvalue weighted by molar-refractivity contribution is -0.114. The first kappa shape index (κ1) is 17.7. The molecule has 3 rings (SSSR count). The third-order valence-corrected chi connectivity index (χ3v) is 4.04. The first-order valence-corrected chi connectivity index (χ1v) is 8.78. The van der Waals surface area contributed by atoms with Gasteiger partial charge in [0.1, 0.15) is 0 Å². The molecule has 2 N–H and O–H groups in total. The number of hydrogen-bond acceptors (Lipinski definition) is 6. The van der Waals surface area contributed by atoms with Crippen molar-refractivity contribution in [2.75, 3.05) is 16.4 Å². The molecule has 0 radical (unpaired) electrons. The Kier molecular flexibility index (Phi) is 5.65. The molecule has 0 unspecified atom stereocenters. The lowest BCUT2D eigenvalue weighted by atomic mass is 10.2. The van der Waals surface area contributed by atoms with Crippen LogP contribution in [0.15, 0.2) is 64.2 Å². The minimum absolute atomic E-state index is 0.126. The Balaban J connectivity index is 1.55. The molecule has 0 aliphatic heterocycles. The molecule has 2 amide bonds. The zero-order valence-corrected chi connectivity index (χ0v) is 14.7. The van der Waals surface area contributed by atoms with Crippen LogP contribution in [0.5, 0.6) is 0 Å². The van der Waals surface area contributed by atoms with Crippen molar-refractivity contribution in [1.29, 1.82) is 0 Å². The van der Waals surface area contributed by atoms with Crippen molar-refractivity contribution in [3.63, 3.8) is 0 Å². The van der Waals surface area contributed by atoms with Gasteiger partial charge in [-0.2, -0.15) is 0 Å². The molecule has 0 atom stereocenters. The number of hydrogen-bond donors (Lipinski definition) is 2. The van der Waals surface area contributed by atoms with Crippen molar-refractivity contribution < 1.29 is 14.0 Å². The molecule has 0 aliphatic carbocycles. The molecular weight excluding hydrogens is 352 g/mol. The van der Waals surface area contributed by atoms with Crippen LogP contribution in [0.1, 0.15) is 6.92 Å². The highest BCUT2D eigenvalue weighted by molar-refractivity contribution is 7.99. The summed E-state index contributed by atoms with van der Waals surface area (Å²) in [5.74, 6) is 0.154. The number of amides is 2. The van der Waals surface area contributed by atoms with Gasteiger partial charge in [-0.05, 0) is 30.3 Å². The summed E-state index contributed by atoms with van der Waals surface area (Å²) in [5.41, 5.74) is 2.04. The van der Waals surface area contributed by atoms with E-state index < -0.39 is 0 Å². The summed E-state index contributed by atoms with van der Waals surface area (Å²) in [6.45, 7) is 1.43. The van der Waals surface area contributed by atoms with Gasteiger partial charge in [0.15, 0.2) is 0 Å². The van der Waals surface area contributed by atoms with Crippen LogP contribution in [0.2, 0.25) is 0 Å². The van der Waals surface area contributed by atoms with E-state index >= 15 is 0 Å². The third-order valence-electron chi connectivity index (χ3n) is 3.22. The molecule has 1 aromatic heterocycles. The smallest absolute Gasteiger partial charge is 0.277 e. The summed E-state index contributed by atoms with van der Waals surface area (Å²) >= 11 is 1.16. The van der Waals surface area contributed by atoms with Gasteiger partial charge in [0, 0.05) is 23.9 Å². The maximum absolute atomic E-state index is 12.1. The van der Waals surface area contributed by atoms with Crippen LogP contribution < -0.4 is 10.6 Å². The normalized spacial score (nSPS) is 10.3. The van der Waals surface area contributed by atoms with Gasteiger partial charge in [-0.1, -0.05) is 36.0 Å². The van der Waals surface area contributed by atoms with Crippen LogP contribution in [0.25, 0.3) is 11.5 Å². The topological polar surface area (TPSA) is 97.1 Å². The predicted molar refractivity (Wildman–Crippen MR) is 99.8 cm³/mol. The van der Waals surface area contributed by atoms with E-state index in [1.54, 1.807) is 24.3 Å². The van der Waals surface area contributed by atoms with E-state index in [-0.39, 0.29) is 17.6 Å². The van der Waals surface area contributed by atoms with Crippen molar-refractivity contribution >= 4 is 35.0 Å². The van der Waals surface area contributed by atoms with E-state index in [1.165, 1.54) is 6.92 Å². The van der Waals surface area contributed by atoms with Gasteiger partial charge < -0.3 is 15.1 Å². The SMILES string of the molecule is CC(=O)Nc1cccc(NC(=O)CSc2nnc(-c3ccccc3)o2)c1.